The third kappa shape index (κ3) is 5.82. The lowest BCUT2D eigenvalue weighted by atomic mass is 10.2. The first-order chi connectivity index (χ1) is 13.6. The molecule has 0 radical (unpaired) electrons. The number of anilines is 2. The van der Waals surface area contributed by atoms with Gasteiger partial charge in [0.25, 0.3) is 0 Å². The molecule has 3 amide bonds. The molecule has 1 heterocycles. The molecule has 8 heteroatoms. The van der Waals surface area contributed by atoms with Crippen LogP contribution in [0.5, 0.6) is 5.75 Å². The van der Waals surface area contributed by atoms with Gasteiger partial charge < -0.3 is 15.4 Å². The van der Waals surface area contributed by atoms with Crippen LogP contribution in [0, 0.1) is 0 Å². The lowest BCUT2D eigenvalue weighted by molar-refractivity contribution is -0.120. The van der Waals surface area contributed by atoms with Crippen molar-refractivity contribution in [1.82, 2.24) is 10.3 Å². The molecular weight excluding hydrogens is 376 g/mol. The Balaban J connectivity index is 1.45. The van der Waals surface area contributed by atoms with E-state index in [2.05, 4.69) is 20.9 Å². The van der Waals surface area contributed by atoms with E-state index >= 15 is 0 Å². The van der Waals surface area contributed by atoms with Gasteiger partial charge in [-0.05, 0) is 29.8 Å². The highest BCUT2D eigenvalue weighted by Gasteiger charge is 2.10. The molecule has 0 unspecified atom stereocenters. The summed E-state index contributed by atoms with van der Waals surface area (Å²) < 4.78 is 5.11. The number of thiazole rings is 1. The Kier molecular flexibility index (Phi) is 6.59. The number of carbonyl (C=O) groups is 2. The van der Waals surface area contributed by atoms with Crippen molar-refractivity contribution in [3.05, 3.63) is 71.2 Å². The summed E-state index contributed by atoms with van der Waals surface area (Å²) in [6.07, 6.45) is 0.147. The SMILES string of the molecule is COc1ccc(CNC(=O)Cc2csc(NC(=O)Nc3ccccc3)n2)cc1. The van der Waals surface area contributed by atoms with Gasteiger partial charge in [0.05, 0.1) is 19.2 Å². The van der Waals surface area contributed by atoms with Gasteiger partial charge in [-0.2, -0.15) is 0 Å². The van der Waals surface area contributed by atoms with Gasteiger partial charge in [0.1, 0.15) is 5.75 Å². The number of rotatable bonds is 7. The molecule has 7 nitrogen and oxygen atoms in total. The van der Waals surface area contributed by atoms with Gasteiger partial charge in [-0.25, -0.2) is 9.78 Å². The van der Waals surface area contributed by atoms with Crippen LogP contribution < -0.4 is 20.7 Å². The predicted octanol–water partition coefficient (Wildman–Crippen LogP) is 3.65. The predicted molar refractivity (Wildman–Crippen MR) is 110 cm³/mol. The van der Waals surface area contributed by atoms with E-state index in [-0.39, 0.29) is 18.4 Å². The van der Waals surface area contributed by atoms with Crippen molar-refractivity contribution in [3.63, 3.8) is 0 Å². The molecule has 0 saturated carbocycles. The van der Waals surface area contributed by atoms with E-state index in [4.69, 9.17) is 4.74 Å². The molecule has 0 aliphatic heterocycles. The summed E-state index contributed by atoms with van der Waals surface area (Å²) in [7, 11) is 1.61. The van der Waals surface area contributed by atoms with Crippen LogP contribution in [0.4, 0.5) is 15.6 Å². The second kappa shape index (κ2) is 9.52. The summed E-state index contributed by atoms with van der Waals surface area (Å²) in [6, 6.07) is 16.2. The molecule has 0 aliphatic carbocycles. The van der Waals surface area contributed by atoms with Crippen molar-refractivity contribution < 1.29 is 14.3 Å². The molecule has 0 saturated heterocycles. The fourth-order valence-electron chi connectivity index (χ4n) is 2.40. The van der Waals surface area contributed by atoms with Crippen molar-refractivity contribution in [2.75, 3.05) is 17.7 Å². The molecule has 3 aromatic rings. The Labute approximate surface area is 166 Å². The third-order valence-corrected chi connectivity index (χ3v) is 4.60. The van der Waals surface area contributed by atoms with Crippen molar-refractivity contribution in [1.29, 1.82) is 0 Å². The summed E-state index contributed by atoms with van der Waals surface area (Å²) >= 11 is 1.27. The molecule has 28 heavy (non-hydrogen) atoms. The third-order valence-electron chi connectivity index (χ3n) is 3.79. The fourth-order valence-corrected chi connectivity index (χ4v) is 3.10. The Morgan fingerprint density at radius 3 is 2.50 bits per heavy atom. The van der Waals surface area contributed by atoms with E-state index in [9.17, 15) is 9.59 Å². The molecule has 3 rings (SSSR count). The number of hydrogen-bond acceptors (Lipinski definition) is 5. The number of aromatic nitrogens is 1. The van der Waals surface area contributed by atoms with Crippen LogP contribution in [-0.4, -0.2) is 24.0 Å². The van der Waals surface area contributed by atoms with Crippen molar-refractivity contribution >= 4 is 34.1 Å². The Morgan fingerprint density at radius 2 is 1.79 bits per heavy atom. The number of amides is 3. The van der Waals surface area contributed by atoms with Crippen molar-refractivity contribution in [3.8, 4) is 5.75 Å². The number of hydrogen-bond donors (Lipinski definition) is 3. The number of nitrogens with zero attached hydrogens (tertiary/aromatic N) is 1. The average Bonchev–Trinajstić information content (AvgIpc) is 3.14. The molecule has 1 aromatic heterocycles. The highest BCUT2D eigenvalue weighted by Crippen LogP contribution is 2.17. The number of benzene rings is 2. The van der Waals surface area contributed by atoms with E-state index in [1.165, 1.54) is 11.3 Å². The van der Waals surface area contributed by atoms with E-state index < -0.39 is 0 Å². The van der Waals surface area contributed by atoms with Gasteiger partial charge in [-0.3, -0.25) is 10.1 Å². The zero-order valence-corrected chi connectivity index (χ0v) is 16.1. The molecule has 144 valence electrons. The van der Waals surface area contributed by atoms with Gasteiger partial charge in [0.2, 0.25) is 5.91 Å². The van der Waals surface area contributed by atoms with E-state index in [0.717, 1.165) is 11.3 Å². The topological polar surface area (TPSA) is 92.4 Å². The number of para-hydroxylation sites is 1. The number of nitrogens with one attached hydrogen (secondary N) is 3. The molecule has 0 atom stereocenters. The minimum Gasteiger partial charge on any atom is -0.497 e. The molecule has 0 bridgehead atoms. The maximum Gasteiger partial charge on any atom is 0.325 e. The Morgan fingerprint density at radius 1 is 1.04 bits per heavy atom. The standard InChI is InChI=1S/C20H20N4O3S/c1-27-17-9-7-14(8-10-17)12-21-18(25)11-16-13-28-20(23-16)24-19(26)22-15-5-3-2-4-6-15/h2-10,13H,11-12H2,1H3,(H,21,25)(H2,22,23,24,26). The average molecular weight is 396 g/mol. The summed E-state index contributed by atoms with van der Waals surface area (Å²) in [5.41, 5.74) is 2.27. The van der Waals surface area contributed by atoms with Gasteiger partial charge in [0.15, 0.2) is 5.13 Å². The zero-order chi connectivity index (χ0) is 19.8. The minimum atomic E-state index is -0.379. The Bertz CT molecular complexity index is 926. The first kappa shape index (κ1) is 19.4. The van der Waals surface area contributed by atoms with E-state index in [1.807, 2.05) is 42.5 Å². The number of ether oxygens (including phenoxy) is 1. The first-order valence-corrected chi connectivity index (χ1v) is 9.47. The number of carbonyl (C=O) groups excluding carboxylic acids is 2. The monoisotopic (exact) mass is 396 g/mol. The number of urea groups is 1. The fraction of sp³-hybridized carbons (Fsp3) is 0.150. The van der Waals surface area contributed by atoms with Crippen LogP contribution in [0.1, 0.15) is 11.3 Å². The van der Waals surface area contributed by atoms with Crippen molar-refractivity contribution in [2.24, 2.45) is 0 Å². The zero-order valence-electron chi connectivity index (χ0n) is 15.3. The quantitative estimate of drug-likeness (QED) is 0.568. The van der Waals surface area contributed by atoms with Crippen LogP contribution in [0.25, 0.3) is 0 Å². The van der Waals surface area contributed by atoms with E-state index in [0.29, 0.717) is 23.1 Å². The Hall–Kier alpha value is -3.39. The highest BCUT2D eigenvalue weighted by molar-refractivity contribution is 7.14. The van der Waals surface area contributed by atoms with Gasteiger partial charge >= 0.3 is 6.03 Å². The summed E-state index contributed by atoms with van der Waals surface area (Å²) in [5, 5.41) is 10.4. The van der Waals surface area contributed by atoms with Crippen LogP contribution in [0.3, 0.4) is 0 Å². The van der Waals surface area contributed by atoms with Crippen LogP contribution in [0.15, 0.2) is 60.0 Å². The van der Waals surface area contributed by atoms with Crippen molar-refractivity contribution in [2.45, 2.75) is 13.0 Å². The lowest BCUT2D eigenvalue weighted by Gasteiger charge is -2.06. The second-order valence-electron chi connectivity index (χ2n) is 5.89. The van der Waals surface area contributed by atoms with Crippen LogP contribution in [-0.2, 0) is 17.8 Å². The maximum atomic E-state index is 12.1. The molecule has 0 spiro atoms. The number of methoxy groups -OCH3 is 1. The van der Waals surface area contributed by atoms with Crippen LogP contribution >= 0.6 is 11.3 Å². The molecular formula is C20H20N4O3S. The molecule has 2 aromatic carbocycles. The van der Waals surface area contributed by atoms with Gasteiger partial charge in [0, 0.05) is 17.6 Å². The summed E-state index contributed by atoms with van der Waals surface area (Å²) in [4.78, 5) is 28.4. The highest BCUT2D eigenvalue weighted by atomic mass is 32.1. The van der Waals surface area contributed by atoms with E-state index in [1.54, 1.807) is 24.6 Å². The molecule has 3 N–H and O–H groups in total. The van der Waals surface area contributed by atoms with Gasteiger partial charge in [-0.1, -0.05) is 30.3 Å². The summed E-state index contributed by atoms with van der Waals surface area (Å²) in [5.74, 6) is 0.635. The minimum absolute atomic E-state index is 0.138. The van der Waals surface area contributed by atoms with Crippen LogP contribution in [0.2, 0.25) is 0 Å². The molecule has 0 aliphatic rings. The maximum absolute atomic E-state index is 12.1. The lowest BCUT2D eigenvalue weighted by Crippen LogP contribution is -2.24. The largest absolute Gasteiger partial charge is 0.497 e. The first-order valence-electron chi connectivity index (χ1n) is 8.59. The van der Waals surface area contributed by atoms with Gasteiger partial charge in [-0.15, -0.1) is 11.3 Å². The normalized spacial score (nSPS) is 10.2. The summed E-state index contributed by atoms with van der Waals surface area (Å²) in [6.45, 7) is 0.428. The smallest absolute Gasteiger partial charge is 0.325 e. The molecule has 0 fully saturated rings. The second-order valence-corrected chi connectivity index (χ2v) is 6.75.